The highest BCUT2D eigenvalue weighted by molar-refractivity contribution is 6.53. The number of carbonyl (C=O) groups excluding carboxylic acids is 4. The summed E-state index contributed by atoms with van der Waals surface area (Å²) in [5, 5.41) is 5.53. The molecule has 194 valence electrons. The minimum absolute atomic E-state index is 0.0860. The predicted octanol–water partition coefficient (Wildman–Crippen LogP) is 5.50. The van der Waals surface area contributed by atoms with E-state index < -0.39 is 17.8 Å². The number of carbonyl (C=O) groups is 4. The van der Waals surface area contributed by atoms with Gasteiger partial charge in [-0.2, -0.15) is 0 Å². The van der Waals surface area contributed by atoms with Crippen molar-refractivity contribution in [2.45, 2.75) is 26.7 Å². The number of esters is 1. The zero-order valence-corrected chi connectivity index (χ0v) is 21.7. The number of nitrogens with one attached hydrogen (secondary N) is 2. The van der Waals surface area contributed by atoms with Crippen molar-refractivity contribution in [3.05, 3.63) is 100 Å². The Kier molecular flexibility index (Phi) is 8.23. The number of amides is 3. The van der Waals surface area contributed by atoms with Gasteiger partial charge in [-0.25, -0.2) is 9.69 Å². The minimum Gasteiger partial charge on any atom is -0.462 e. The molecule has 1 aliphatic heterocycles. The van der Waals surface area contributed by atoms with E-state index in [2.05, 4.69) is 10.6 Å². The molecule has 0 aliphatic carbocycles. The Morgan fingerprint density at radius 1 is 0.868 bits per heavy atom. The number of aryl methyl sites for hydroxylation is 1. The second-order valence-electron chi connectivity index (χ2n) is 8.48. The van der Waals surface area contributed by atoms with E-state index >= 15 is 0 Å². The molecule has 1 aliphatic rings. The summed E-state index contributed by atoms with van der Waals surface area (Å²) >= 11 is 6.22. The number of halogens is 1. The largest absolute Gasteiger partial charge is 0.462 e. The number of imide groups is 1. The lowest BCUT2D eigenvalue weighted by Gasteiger charge is -2.15. The highest BCUT2D eigenvalue weighted by Gasteiger charge is 2.39. The van der Waals surface area contributed by atoms with E-state index in [4.69, 9.17) is 16.3 Å². The van der Waals surface area contributed by atoms with E-state index in [0.717, 1.165) is 22.6 Å². The molecule has 2 N–H and O–H groups in total. The van der Waals surface area contributed by atoms with Crippen molar-refractivity contribution < 1.29 is 23.9 Å². The molecule has 1 heterocycles. The fourth-order valence-electron chi connectivity index (χ4n) is 3.86. The fraction of sp³-hybridized carbons (Fsp3) is 0.172. The van der Waals surface area contributed by atoms with E-state index in [1.807, 2.05) is 38.1 Å². The number of para-hydroxylation sites is 1. The minimum atomic E-state index is -0.689. The van der Waals surface area contributed by atoms with Crippen molar-refractivity contribution in [3.63, 3.8) is 0 Å². The van der Waals surface area contributed by atoms with Crippen LogP contribution in [0.2, 0.25) is 0 Å². The predicted molar refractivity (Wildman–Crippen MR) is 146 cm³/mol. The van der Waals surface area contributed by atoms with E-state index in [9.17, 15) is 19.2 Å². The van der Waals surface area contributed by atoms with Gasteiger partial charge in [-0.05, 0) is 73.0 Å². The number of hydrogen-bond acceptors (Lipinski definition) is 6. The van der Waals surface area contributed by atoms with Gasteiger partial charge >= 0.3 is 5.97 Å². The van der Waals surface area contributed by atoms with Crippen LogP contribution in [0.4, 0.5) is 17.1 Å². The van der Waals surface area contributed by atoms with Crippen LogP contribution in [-0.2, 0) is 20.7 Å². The van der Waals surface area contributed by atoms with Crippen LogP contribution in [0, 0.1) is 0 Å². The average molecular weight is 532 g/mol. The molecule has 0 saturated heterocycles. The Morgan fingerprint density at radius 2 is 1.53 bits per heavy atom. The number of ether oxygens (including phenoxy) is 1. The van der Waals surface area contributed by atoms with Gasteiger partial charge < -0.3 is 15.4 Å². The summed E-state index contributed by atoms with van der Waals surface area (Å²) in [5.74, 6) is -2.08. The van der Waals surface area contributed by atoms with E-state index in [1.165, 1.54) is 24.3 Å². The van der Waals surface area contributed by atoms with Gasteiger partial charge in [0.1, 0.15) is 10.7 Å². The lowest BCUT2D eigenvalue weighted by molar-refractivity contribution is -0.120. The summed E-state index contributed by atoms with van der Waals surface area (Å²) in [5.41, 5.74) is 3.16. The first-order valence-electron chi connectivity index (χ1n) is 12.2. The topological polar surface area (TPSA) is 105 Å². The van der Waals surface area contributed by atoms with Crippen molar-refractivity contribution in [3.8, 4) is 0 Å². The van der Waals surface area contributed by atoms with Crippen LogP contribution in [0.1, 0.15) is 46.5 Å². The summed E-state index contributed by atoms with van der Waals surface area (Å²) in [4.78, 5) is 51.5. The quantitative estimate of drug-likeness (QED) is 0.279. The van der Waals surface area contributed by atoms with Crippen LogP contribution in [0.5, 0.6) is 0 Å². The van der Waals surface area contributed by atoms with Crippen LogP contribution in [0.3, 0.4) is 0 Å². The van der Waals surface area contributed by atoms with Gasteiger partial charge in [-0.1, -0.05) is 43.6 Å². The molecule has 0 bridgehead atoms. The molecule has 0 fully saturated rings. The first-order valence-corrected chi connectivity index (χ1v) is 12.5. The SMILES string of the molecule is CCCOC(=O)c1ccc(N2C(=O)C(Cl)=C(Nc3ccc(C(=O)Nc4ccccc4CC)cc3)C2=O)cc1. The van der Waals surface area contributed by atoms with Crippen LogP contribution < -0.4 is 15.5 Å². The average Bonchev–Trinajstić information content (AvgIpc) is 3.15. The maximum absolute atomic E-state index is 13.1. The number of rotatable bonds is 9. The van der Waals surface area contributed by atoms with Crippen molar-refractivity contribution in [2.24, 2.45) is 0 Å². The third-order valence-electron chi connectivity index (χ3n) is 5.89. The monoisotopic (exact) mass is 531 g/mol. The van der Waals surface area contributed by atoms with Gasteiger partial charge in [0.25, 0.3) is 17.7 Å². The van der Waals surface area contributed by atoms with Gasteiger partial charge in [-0.3, -0.25) is 14.4 Å². The molecule has 0 saturated carbocycles. The standard InChI is InChI=1S/C29H26ClN3O5/c1-3-17-38-29(37)20-11-15-22(16-12-20)33-27(35)24(30)25(28(33)36)31-21-13-9-19(10-14-21)26(34)32-23-8-6-5-7-18(23)4-2/h5-16,31H,3-4,17H2,1-2H3,(H,32,34). The van der Waals surface area contributed by atoms with E-state index in [1.54, 1.807) is 24.3 Å². The zero-order chi connectivity index (χ0) is 27.2. The van der Waals surface area contributed by atoms with Crippen LogP contribution in [-0.4, -0.2) is 30.3 Å². The molecule has 0 aromatic heterocycles. The van der Waals surface area contributed by atoms with Crippen LogP contribution in [0.25, 0.3) is 0 Å². The first-order chi connectivity index (χ1) is 18.3. The molecule has 4 rings (SSSR count). The Morgan fingerprint density at radius 3 is 2.18 bits per heavy atom. The maximum atomic E-state index is 13.1. The molecule has 38 heavy (non-hydrogen) atoms. The molecule has 0 atom stereocenters. The smallest absolute Gasteiger partial charge is 0.338 e. The van der Waals surface area contributed by atoms with Gasteiger partial charge in [0.15, 0.2) is 0 Å². The normalized spacial score (nSPS) is 13.1. The summed E-state index contributed by atoms with van der Waals surface area (Å²) in [6.45, 7) is 4.21. The van der Waals surface area contributed by atoms with Gasteiger partial charge in [0.2, 0.25) is 0 Å². The molecule has 0 spiro atoms. The number of nitrogens with zero attached hydrogens (tertiary/aromatic N) is 1. The Hall–Kier alpha value is -4.43. The highest BCUT2D eigenvalue weighted by Crippen LogP contribution is 2.30. The molecule has 3 aromatic carbocycles. The van der Waals surface area contributed by atoms with Crippen molar-refractivity contribution in [1.82, 2.24) is 0 Å². The molecule has 0 unspecified atom stereocenters. The van der Waals surface area contributed by atoms with Crippen molar-refractivity contribution in [1.29, 1.82) is 0 Å². The van der Waals surface area contributed by atoms with Gasteiger partial charge in [0.05, 0.1) is 17.9 Å². The summed E-state index contributed by atoms with van der Waals surface area (Å²) < 4.78 is 5.10. The molecule has 8 nitrogen and oxygen atoms in total. The van der Waals surface area contributed by atoms with Crippen molar-refractivity contribution in [2.75, 3.05) is 22.1 Å². The van der Waals surface area contributed by atoms with Gasteiger partial charge in [-0.15, -0.1) is 0 Å². The van der Waals surface area contributed by atoms with Gasteiger partial charge in [0, 0.05) is 16.9 Å². The molecule has 0 radical (unpaired) electrons. The molecule has 3 aromatic rings. The molecule has 3 amide bonds. The first kappa shape index (κ1) is 26.6. The molecule has 9 heteroatoms. The highest BCUT2D eigenvalue weighted by atomic mass is 35.5. The number of anilines is 3. The number of hydrogen-bond donors (Lipinski definition) is 2. The summed E-state index contributed by atoms with van der Waals surface area (Å²) in [6, 6.07) is 20.0. The van der Waals surface area contributed by atoms with Crippen LogP contribution in [0.15, 0.2) is 83.5 Å². The number of benzene rings is 3. The second-order valence-corrected chi connectivity index (χ2v) is 8.86. The third kappa shape index (κ3) is 5.60. The van der Waals surface area contributed by atoms with Crippen molar-refractivity contribution >= 4 is 52.4 Å². The molecular formula is C29H26ClN3O5. The lowest BCUT2D eigenvalue weighted by atomic mass is 10.1. The van der Waals surface area contributed by atoms with E-state index in [0.29, 0.717) is 29.8 Å². The maximum Gasteiger partial charge on any atom is 0.338 e. The Bertz CT molecular complexity index is 1410. The zero-order valence-electron chi connectivity index (χ0n) is 20.9. The van der Waals surface area contributed by atoms with Crippen LogP contribution >= 0.6 is 11.6 Å². The third-order valence-corrected chi connectivity index (χ3v) is 6.24. The summed E-state index contributed by atoms with van der Waals surface area (Å²) in [7, 11) is 0. The molecular weight excluding hydrogens is 506 g/mol. The lowest BCUT2D eigenvalue weighted by Crippen LogP contribution is -2.32. The van der Waals surface area contributed by atoms with E-state index in [-0.39, 0.29) is 22.3 Å². The second kappa shape index (κ2) is 11.7. The Balaban J connectivity index is 1.44. The summed E-state index contributed by atoms with van der Waals surface area (Å²) in [6.07, 6.45) is 1.48. The Labute approximate surface area is 225 Å². The fourth-order valence-corrected chi connectivity index (χ4v) is 4.08.